The van der Waals surface area contributed by atoms with E-state index in [0.29, 0.717) is 28.9 Å². The van der Waals surface area contributed by atoms with E-state index in [1.165, 1.54) is 11.8 Å². The lowest BCUT2D eigenvalue weighted by Crippen LogP contribution is -2.24. The summed E-state index contributed by atoms with van der Waals surface area (Å²) in [5, 5.41) is 4.93. The molecule has 0 fully saturated rings. The highest BCUT2D eigenvalue weighted by Crippen LogP contribution is 2.17. The largest absolute Gasteiger partial charge is 0.479 e. The quantitative estimate of drug-likeness (QED) is 0.350. The summed E-state index contributed by atoms with van der Waals surface area (Å²) < 4.78 is 12.4. The van der Waals surface area contributed by atoms with Crippen LogP contribution in [0.4, 0.5) is 0 Å². The van der Waals surface area contributed by atoms with Gasteiger partial charge in [-0.25, -0.2) is 9.78 Å². The Labute approximate surface area is 188 Å². The first-order valence-corrected chi connectivity index (χ1v) is 10.8. The van der Waals surface area contributed by atoms with Gasteiger partial charge in [-0.1, -0.05) is 29.3 Å². The van der Waals surface area contributed by atoms with Gasteiger partial charge in [-0.3, -0.25) is 4.79 Å². The molecule has 0 saturated carbocycles. The molecule has 0 radical (unpaired) electrons. The number of unbranched alkanes of at least 4 members (excludes halogenated alkanes) is 1. The van der Waals surface area contributed by atoms with E-state index in [1.807, 2.05) is 12.1 Å². The fraction of sp³-hybridized carbons (Fsp3) is 0.304. The predicted octanol–water partition coefficient (Wildman–Crippen LogP) is 4.32. The molecule has 0 bridgehead atoms. The van der Waals surface area contributed by atoms with E-state index in [4.69, 9.17) is 4.74 Å². The van der Waals surface area contributed by atoms with Crippen LogP contribution in [0, 0.1) is 0 Å². The van der Waals surface area contributed by atoms with Gasteiger partial charge in [-0.2, -0.15) is 9.78 Å². The van der Waals surface area contributed by atoms with E-state index in [9.17, 15) is 9.59 Å². The number of halogens is 1. The number of carbonyl (C=O) groups excluding carboxylic acids is 1. The molecule has 2 aromatic carbocycles. The predicted molar refractivity (Wildman–Crippen MR) is 124 cm³/mol. The van der Waals surface area contributed by atoms with Gasteiger partial charge < -0.3 is 9.47 Å². The molecule has 0 saturated heterocycles. The first-order valence-electron chi connectivity index (χ1n) is 10.0. The molecule has 7 nitrogen and oxygen atoms in total. The number of aryl methyl sites for hydroxylation is 1. The lowest BCUT2D eigenvalue weighted by molar-refractivity contribution is -0.147. The molecule has 8 heteroatoms. The van der Waals surface area contributed by atoms with E-state index in [1.54, 1.807) is 43.5 Å². The maximum Gasteiger partial charge on any atom is 0.346 e. The van der Waals surface area contributed by atoms with Gasteiger partial charge in [-0.15, -0.1) is 0 Å². The number of fused-ring (bicyclic) bond motifs is 1. The summed E-state index contributed by atoms with van der Waals surface area (Å²) in [6.45, 7) is 3.71. The molecule has 1 aromatic heterocycles. The Morgan fingerprint density at radius 2 is 2.00 bits per heavy atom. The van der Waals surface area contributed by atoms with E-state index in [0.717, 1.165) is 22.9 Å². The number of nitrogens with zero attached hydrogens (tertiary/aromatic N) is 3. The van der Waals surface area contributed by atoms with Crippen molar-refractivity contribution >= 4 is 39.0 Å². The average molecular weight is 486 g/mol. The highest BCUT2D eigenvalue weighted by Gasteiger charge is 2.14. The molecule has 0 unspecified atom stereocenters. The molecular weight excluding hydrogens is 462 g/mol. The van der Waals surface area contributed by atoms with E-state index in [-0.39, 0.29) is 5.56 Å². The van der Waals surface area contributed by atoms with Crippen molar-refractivity contribution in [1.82, 2.24) is 9.66 Å². The monoisotopic (exact) mass is 485 g/mol. The topological polar surface area (TPSA) is 82.8 Å². The second-order valence-corrected chi connectivity index (χ2v) is 7.92. The van der Waals surface area contributed by atoms with Crippen molar-refractivity contribution in [2.24, 2.45) is 5.10 Å². The highest BCUT2D eigenvalue weighted by molar-refractivity contribution is 9.10. The van der Waals surface area contributed by atoms with Crippen LogP contribution >= 0.6 is 15.9 Å². The molecule has 0 amide bonds. The second-order valence-electron chi connectivity index (χ2n) is 7.01. The van der Waals surface area contributed by atoms with E-state index < -0.39 is 12.1 Å². The fourth-order valence-corrected chi connectivity index (χ4v) is 3.35. The number of ether oxygens (including phenoxy) is 2. The zero-order chi connectivity index (χ0) is 22.4. The Balaban J connectivity index is 1.90. The average Bonchev–Trinajstić information content (AvgIpc) is 2.78. The molecule has 0 N–H and O–H groups in total. The maximum atomic E-state index is 13.1. The fourth-order valence-electron chi connectivity index (χ4n) is 2.99. The molecule has 162 valence electrons. The summed E-state index contributed by atoms with van der Waals surface area (Å²) in [5.74, 6) is 0.720. The van der Waals surface area contributed by atoms with Crippen molar-refractivity contribution < 1.29 is 14.3 Å². The second kappa shape index (κ2) is 10.3. The summed E-state index contributed by atoms with van der Waals surface area (Å²) in [5.41, 5.74) is 1.23. The third-order valence-corrected chi connectivity index (χ3v) is 5.17. The normalized spacial score (nSPS) is 12.3. The standard InChI is InChI=1S/C23H24BrN3O4/c1-4-5-6-21-26-20-12-9-17(24)13-19(20)22(28)27(21)25-14-16-7-10-18(11-8-16)31-15(2)23(29)30-3/h7-15H,4-6H2,1-3H3/t15-/m0/s1. The minimum absolute atomic E-state index is 0.208. The smallest absolute Gasteiger partial charge is 0.346 e. The molecule has 0 aliphatic heterocycles. The minimum atomic E-state index is -0.702. The number of hydrogen-bond donors (Lipinski definition) is 0. The third kappa shape index (κ3) is 5.58. The van der Waals surface area contributed by atoms with Crippen LogP contribution in [0.3, 0.4) is 0 Å². The molecule has 0 spiro atoms. The van der Waals surface area contributed by atoms with Gasteiger partial charge in [0.05, 0.1) is 24.2 Å². The lowest BCUT2D eigenvalue weighted by Gasteiger charge is -2.12. The van der Waals surface area contributed by atoms with Crippen LogP contribution in [0.15, 0.2) is 56.8 Å². The summed E-state index contributed by atoms with van der Waals surface area (Å²) in [6.07, 6.45) is 3.47. The number of benzene rings is 2. The SMILES string of the molecule is CCCCc1nc2ccc(Br)cc2c(=O)n1N=Cc1ccc(O[C@@H](C)C(=O)OC)cc1. The van der Waals surface area contributed by atoms with Crippen molar-refractivity contribution in [3.05, 3.63) is 68.7 Å². The van der Waals surface area contributed by atoms with Gasteiger partial charge in [0.15, 0.2) is 6.10 Å². The summed E-state index contributed by atoms with van der Waals surface area (Å²) >= 11 is 3.41. The number of methoxy groups -OCH3 is 1. The maximum absolute atomic E-state index is 13.1. The number of rotatable bonds is 8. The van der Waals surface area contributed by atoms with E-state index in [2.05, 4.69) is 37.7 Å². The van der Waals surface area contributed by atoms with Gasteiger partial charge in [0.1, 0.15) is 11.6 Å². The number of carbonyl (C=O) groups is 1. The van der Waals surface area contributed by atoms with Gasteiger partial charge in [0.2, 0.25) is 0 Å². The van der Waals surface area contributed by atoms with Crippen LogP contribution in [0.2, 0.25) is 0 Å². The first-order chi connectivity index (χ1) is 14.9. The molecular formula is C23H24BrN3O4. The number of aromatic nitrogens is 2. The Kier molecular flexibility index (Phi) is 7.57. The zero-order valence-corrected chi connectivity index (χ0v) is 19.3. The van der Waals surface area contributed by atoms with Gasteiger partial charge in [0.25, 0.3) is 5.56 Å². The summed E-state index contributed by atoms with van der Waals surface area (Å²) in [7, 11) is 1.32. The van der Waals surface area contributed by atoms with Crippen LogP contribution in [-0.4, -0.2) is 35.1 Å². The van der Waals surface area contributed by atoms with Gasteiger partial charge in [0, 0.05) is 10.9 Å². The van der Waals surface area contributed by atoms with Gasteiger partial charge >= 0.3 is 5.97 Å². The Morgan fingerprint density at radius 1 is 1.26 bits per heavy atom. The lowest BCUT2D eigenvalue weighted by atomic mass is 10.2. The highest BCUT2D eigenvalue weighted by atomic mass is 79.9. The van der Waals surface area contributed by atoms with Gasteiger partial charge in [-0.05, 0) is 61.4 Å². The van der Waals surface area contributed by atoms with Crippen LogP contribution in [-0.2, 0) is 16.0 Å². The van der Waals surface area contributed by atoms with Crippen molar-refractivity contribution in [1.29, 1.82) is 0 Å². The van der Waals surface area contributed by atoms with E-state index >= 15 is 0 Å². The van der Waals surface area contributed by atoms with Crippen molar-refractivity contribution in [3.8, 4) is 5.75 Å². The Hall–Kier alpha value is -3.00. The van der Waals surface area contributed by atoms with Crippen LogP contribution in [0.1, 0.15) is 38.1 Å². The molecule has 1 heterocycles. The Morgan fingerprint density at radius 3 is 2.68 bits per heavy atom. The summed E-state index contributed by atoms with van der Waals surface area (Å²) in [6, 6.07) is 12.5. The zero-order valence-electron chi connectivity index (χ0n) is 17.7. The molecule has 3 aromatic rings. The third-order valence-electron chi connectivity index (χ3n) is 4.68. The van der Waals surface area contributed by atoms with Crippen LogP contribution in [0.5, 0.6) is 5.75 Å². The number of hydrogen-bond acceptors (Lipinski definition) is 6. The van der Waals surface area contributed by atoms with Crippen LogP contribution < -0.4 is 10.3 Å². The Bertz CT molecular complexity index is 1160. The number of esters is 1. The molecule has 0 aliphatic rings. The molecule has 31 heavy (non-hydrogen) atoms. The van der Waals surface area contributed by atoms with Crippen molar-refractivity contribution in [2.75, 3.05) is 7.11 Å². The summed E-state index contributed by atoms with van der Waals surface area (Å²) in [4.78, 5) is 29.2. The molecule has 0 aliphatic carbocycles. The van der Waals surface area contributed by atoms with Crippen LogP contribution in [0.25, 0.3) is 10.9 Å². The first kappa shape index (κ1) is 22.7. The van der Waals surface area contributed by atoms with Crippen molar-refractivity contribution in [2.45, 2.75) is 39.2 Å². The molecule has 3 rings (SSSR count). The van der Waals surface area contributed by atoms with Crippen molar-refractivity contribution in [3.63, 3.8) is 0 Å². The minimum Gasteiger partial charge on any atom is -0.479 e. The molecule has 1 atom stereocenters.